The Morgan fingerprint density at radius 2 is 1.60 bits per heavy atom. The van der Waals surface area contributed by atoms with Gasteiger partial charge >= 0.3 is 0 Å². The van der Waals surface area contributed by atoms with Gasteiger partial charge in [-0.1, -0.05) is 78.6 Å². The molecule has 0 amide bonds. The minimum Gasteiger partial charge on any atom is -0.310 e. The Morgan fingerprint density at radius 3 is 2.05 bits per heavy atom. The lowest BCUT2D eigenvalue weighted by atomic mass is 9.86. The summed E-state index contributed by atoms with van der Waals surface area (Å²) in [6.07, 6.45) is 3.86. The summed E-state index contributed by atoms with van der Waals surface area (Å²) >= 11 is 0. The summed E-state index contributed by atoms with van der Waals surface area (Å²) in [5.74, 6) is 0.806. The molecule has 114 valence electrons. The first-order valence-electron chi connectivity index (χ1n) is 8.18. The summed E-state index contributed by atoms with van der Waals surface area (Å²) in [6, 6.07) is 9.71. The fourth-order valence-corrected chi connectivity index (χ4v) is 2.58. The van der Waals surface area contributed by atoms with Gasteiger partial charge in [-0.3, -0.25) is 0 Å². The van der Waals surface area contributed by atoms with Gasteiger partial charge in [0.1, 0.15) is 0 Å². The van der Waals surface area contributed by atoms with Crippen LogP contribution in [0.3, 0.4) is 0 Å². The molecule has 1 heteroatoms. The van der Waals surface area contributed by atoms with Crippen LogP contribution in [0.15, 0.2) is 24.3 Å². The summed E-state index contributed by atoms with van der Waals surface area (Å²) in [5.41, 5.74) is 3.09. The van der Waals surface area contributed by atoms with Gasteiger partial charge < -0.3 is 5.32 Å². The molecule has 0 saturated heterocycles. The fourth-order valence-electron chi connectivity index (χ4n) is 2.58. The SMILES string of the molecule is CCNC(CCCC(C)C)c1ccc(C(C)(C)C)cc1. The Kier molecular flexibility index (Phi) is 6.75. The van der Waals surface area contributed by atoms with Crippen LogP contribution in [0.5, 0.6) is 0 Å². The highest BCUT2D eigenvalue weighted by Crippen LogP contribution is 2.26. The van der Waals surface area contributed by atoms with Crippen molar-refractivity contribution in [2.45, 2.75) is 72.3 Å². The summed E-state index contributed by atoms with van der Waals surface area (Å²) in [6.45, 7) is 14.7. The van der Waals surface area contributed by atoms with Gasteiger partial charge in [0, 0.05) is 6.04 Å². The van der Waals surface area contributed by atoms with Gasteiger partial charge in [-0.2, -0.15) is 0 Å². The quantitative estimate of drug-likeness (QED) is 0.696. The normalized spacial score (nSPS) is 13.8. The highest BCUT2D eigenvalue weighted by Gasteiger charge is 2.15. The number of rotatable bonds is 7. The van der Waals surface area contributed by atoms with E-state index in [4.69, 9.17) is 0 Å². The molecule has 1 aromatic rings. The Bertz CT molecular complexity index is 370. The van der Waals surface area contributed by atoms with Crippen LogP contribution in [0.2, 0.25) is 0 Å². The van der Waals surface area contributed by atoms with Crippen LogP contribution in [0.4, 0.5) is 0 Å². The molecule has 1 nitrogen and oxygen atoms in total. The van der Waals surface area contributed by atoms with Crippen molar-refractivity contribution in [3.8, 4) is 0 Å². The third-order valence-electron chi connectivity index (χ3n) is 3.90. The standard InChI is InChI=1S/C19H33N/c1-7-20-18(10-8-9-15(2)3)16-11-13-17(14-12-16)19(4,5)6/h11-15,18,20H,7-10H2,1-6H3. The van der Waals surface area contributed by atoms with Gasteiger partial charge in [-0.05, 0) is 35.4 Å². The van der Waals surface area contributed by atoms with Gasteiger partial charge in [0.15, 0.2) is 0 Å². The van der Waals surface area contributed by atoms with Crippen LogP contribution >= 0.6 is 0 Å². The second-order valence-corrected chi connectivity index (χ2v) is 7.31. The van der Waals surface area contributed by atoms with Crippen LogP contribution in [0.1, 0.15) is 78.0 Å². The first-order valence-corrected chi connectivity index (χ1v) is 8.18. The van der Waals surface area contributed by atoms with Crippen molar-refractivity contribution in [2.75, 3.05) is 6.54 Å². The Balaban J connectivity index is 2.71. The molecule has 0 aliphatic heterocycles. The molecule has 1 atom stereocenters. The van der Waals surface area contributed by atoms with Gasteiger partial charge in [-0.15, -0.1) is 0 Å². The Hall–Kier alpha value is -0.820. The lowest BCUT2D eigenvalue weighted by molar-refractivity contribution is 0.455. The first-order chi connectivity index (χ1) is 9.34. The molecule has 0 heterocycles. The van der Waals surface area contributed by atoms with E-state index < -0.39 is 0 Å². The van der Waals surface area contributed by atoms with E-state index in [1.807, 2.05) is 0 Å². The number of nitrogens with one attached hydrogen (secondary N) is 1. The summed E-state index contributed by atoms with van der Waals surface area (Å²) < 4.78 is 0. The molecule has 1 N–H and O–H groups in total. The summed E-state index contributed by atoms with van der Waals surface area (Å²) in [7, 11) is 0. The van der Waals surface area contributed by atoms with Gasteiger partial charge in [-0.25, -0.2) is 0 Å². The molecular formula is C19H33N. The van der Waals surface area contributed by atoms with Crippen molar-refractivity contribution >= 4 is 0 Å². The molecule has 20 heavy (non-hydrogen) atoms. The first kappa shape index (κ1) is 17.2. The van der Waals surface area contributed by atoms with Gasteiger partial charge in [0.25, 0.3) is 0 Å². The monoisotopic (exact) mass is 275 g/mol. The van der Waals surface area contributed by atoms with E-state index >= 15 is 0 Å². The zero-order valence-corrected chi connectivity index (χ0v) is 14.3. The predicted octanol–water partition coefficient (Wildman–Crippen LogP) is 5.46. The molecule has 0 radical (unpaired) electrons. The van der Waals surface area contributed by atoms with E-state index in [2.05, 4.69) is 71.1 Å². The highest BCUT2D eigenvalue weighted by atomic mass is 14.9. The van der Waals surface area contributed by atoms with E-state index in [0.717, 1.165) is 12.5 Å². The van der Waals surface area contributed by atoms with Crippen LogP contribution in [-0.4, -0.2) is 6.54 Å². The second kappa shape index (κ2) is 7.83. The van der Waals surface area contributed by atoms with Crippen molar-refractivity contribution in [1.82, 2.24) is 5.32 Å². The van der Waals surface area contributed by atoms with E-state index in [-0.39, 0.29) is 5.41 Å². The minimum absolute atomic E-state index is 0.240. The van der Waals surface area contributed by atoms with Crippen LogP contribution in [0, 0.1) is 5.92 Å². The largest absolute Gasteiger partial charge is 0.310 e. The van der Waals surface area contributed by atoms with Crippen molar-refractivity contribution in [1.29, 1.82) is 0 Å². The molecule has 0 bridgehead atoms. The average Bonchev–Trinajstić information content (AvgIpc) is 2.36. The maximum atomic E-state index is 3.63. The number of hydrogen-bond acceptors (Lipinski definition) is 1. The fraction of sp³-hybridized carbons (Fsp3) is 0.684. The number of benzene rings is 1. The molecule has 0 aliphatic rings. The average molecular weight is 275 g/mol. The molecule has 0 saturated carbocycles. The third kappa shape index (κ3) is 5.66. The molecule has 0 aromatic heterocycles. The van der Waals surface area contributed by atoms with Gasteiger partial charge in [0.05, 0.1) is 0 Å². The smallest absolute Gasteiger partial charge is 0.0320 e. The van der Waals surface area contributed by atoms with Crippen LogP contribution < -0.4 is 5.32 Å². The Labute approximate surface area is 126 Å². The Morgan fingerprint density at radius 1 is 1.00 bits per heavy atom. The zero-order chi connectivity index (χ0) is 15.2. The van der Waals surface area contributed by atoms with E-state index in [1.165, 1.54) is 30.4 Å². The molecule has 0 fully saturated rings. The van der Waals surface area contributed by atoms with Crippen molar-refractivity contribution < 1.29 is 0 Å². The highest BCUT2D eigenvalue weighted by molar-refractivity contribution is 5.29. The summed E-state index contributed by atoms with van der Waals surface area (Å²) in [5, 5.41) is 3.63. The molecule has 1 aromatic carbocycles. The van der Waals surface area contributed by atoms with Crippen molar-refractivity contribution in [2.24, 2.45) is 5.92 Å². The lowest BCUT2D eigenvalue weighted by Crippen LogP contribution is -2.21. The van der Waals surface area contributed by atoms with Gasteiger partial charge in [0.2, 0.25) is 0 Å². The topological polar surface area (TPSA) is 12.0 Å². The predicted molar refractivity (Wildman–Crippen MR) is 90.2 cm³/mol. The zero-order valence-electron chi connectivity index (χ0n) is 14.3. The maximum Gasteiger partial charge on any atom is 0.0320 e. The van der Waals surface area contributed by atoms with E-state index in [1.54, 1.807) is 0 Å². The third-order valence-corrected chi connectivity index (χ3v) is 3.90. The van der Waals surface area contributed by atoms with Crippen LogP contribution in [-0.2, 0) is 5.41 Å². The van der Waals surface area contributed by atoms with Crippen molar-refractivity contribution in [3.63, 3.8) is 0 Å². The number of hydrogen-bond donors (Lipinski definition) is 1. The van der Waals surface area contributed by atoms with Crippen molar-refractivity contribution in [3.05, 3.63) is 35.4 Å². The maximum absolute atomic E-state index is 3.63. The summed E-state index contributed by atoms with van der Waals surface area (Å²) in [4.78, 5) is 0. The van der Waals surface area contributed by atoms with E-state index in [9.17, 15) is 0 Å². The minimum atomic E-state index is 0.240. The lowest BCUT2D eigenvalue weighted by Gasteiger charge is -2.22. The van der Waals surface area contributed by atoms with Crippen LogP contribution in [0.25, 0.3) is 0 Å². The molecule has 0 spiro atoms. The van der Waals surface area contributed by atoms with E-state index in [0.29, 0.717) is 6.04 Å². The molecule has 0 aliphatic carbocycles. The molecular weight excluding hydrogens is 242 g/mol. The molecule has 1 unspecified atom stereocenters. The second-order valence-electron chi connectivity index (χ2n) is 7.31. The molecule has 1 rings (SSSR count).